The van der Waals surface area contributed by atoms with Crippen LogP contribution in [0.1, 0.15) is 119 Å². The first-order valence-electron chi connectivity index (χ1n) is 13.9. The van der Waals surface area contributed by atoms with Crippen LogP contribution in [-0.4, -0.2) is 11.7 Å². The molecule has 0 spiro atoms. The van der Waals surface area contributed by atoms with Crippen molar-refractivity contribution in [1.82, 2.24) is 0 Å². The fourth-order valence-electron chi connectivity index (χ4n) is 10.5. The van der Waals surface area contributed by atoms with Gasteiger partial charge < -0.3 is 4.74 Å². The summed E-state index contributed by atoms with van der Waals surface area (Å²) in [4.78, 5) is 0. The minimum absolute atomic E-state index is 0.207. The Morgan fingerprint density at radius 3 is 2.30 bits per heavy atom. The first-order valence-corrected chi connectivity index (χ1v) is 13.9. The highest BCUT2D eigenvalue weighted by Gasteiger charge is 2.62. The topological polar surface area (TPSA) is 12.5 Å². The van der Waals surface area contributed by atoms with E-state index in [0.29, 0.717) is 22.9 Å². The molecule has 4 aliphatic carbocycles. The molecule has 4 saturated carbocycles. The maximum absolute atomic E-state index is 6.37. The summed E-state index contributed by atoms with van der Waals surface area (Å²) >= 11 is 0. The van der Waals surface area contributed by atoms with Crippen LogP contribution in [0.4, 0.5) is 0 Å². The quantitative estimate of drug-likeness (QED) is 0.412. The van der Waals surface area contributed by atoms with Crippen LogP contribution in [0.15, 0.2) is 0 Å². The van der Waals surface area contributed by atoms with Gasteiger partial charge in [0.15, 0.2) is 0 Å². The minimum atomic E-state index is 0.207. The van der Waals surface area contributed by atoms with Crippen LogP contribution in [-0.2, 0) is 4.74 Å². The van der Waals surface area contributed by atoms with Crippen LogP contribution in [0.2, 0.25) is 0 Å². The van der Waals surface area contributed by atoms with E-state index in [1.54, 1.807) is 19.3 Å². The zero-order chi connectivity index (χ0) is 21.3. The molecule has 5 aliphatic rings. The Hall–Kier alpha value is -0.0400. The fourth-order valence-corrected chi connectivity index (χ4v) is 10.5. The van der Waals surface area contributed by atoms with Crippen LogP contribution < -0.4 is 0 Å². The summed E-state index contributed by atoms with van der Waals surface area (Å²) in [5.74, 6) is 6.59. The SMILES string of the molecule is CC[C@]1(C(C)C)OC1C[C@@H](C)[C@H]1CC[C@H]2[C@@H]3CC[C@H]4CCCC[C@]4(C)[C@H]3CC[C@]12C. The minimum Gasteiger partial charge on any atom is -0.366 e. The molecule has 1 unspecified atom stereocenters. The maximum atomic E-state index is 6.37. The third kappa shape index (κ3) is 3.03. The zero-order valence-electron chi connectivity index (χ0n) is 21.0. The smallest absolute Gasteiger partial charge is 0.0968 e. The van der Waals surface area contributed by atoms with E-state index in [2.05, 4.69) is 41.5 Å². The van der Waals surface area contributed by atoms with Crippen LogP contribution in [0.3, 0.4) is 0 Å². The molecule has 30 heavy (non-hydrogen) atoms. The number of ether oxygens (including phenoxy) is 1. The summed E-state index contributed by atoms with van der Waals surface area (Å²) in [7, 11) is 0. The van der Waals surface area contributed by atoms with E-state index in [9.17, 15) is 0 Å². The fraction of sp³-hybridized carbons (Fsp3) is 1.00. The van der Waals surface area contributed by atoms with Crippen molar-refractivity contribution in [2.24, 2.45) is 52.3 Å². The Kier molecular flexibility index (Phi) is 5.44. The molecule has 1 nitrogen and oxygen atoms in total. The van der Waals surface area contributed by atoms with Gasteiger partial charge in [0.1, 0.15) is 0 Å². The van der Waals surface area contributed by atoms with E-state index >= 15 is 0 Å². The molecule has 172 valence electrons. The van der Waals surface area contributed by atoms with Gasteiger partial charge in [-0.1, -0.05) is 54.4 Å². The predicted molar refractivity (Wildman–Crippen MR) is 126 cm³/mol. The van der Waals surface area contributed by atoms with Gasteiger partial charge in [-0.25, -0.2) is 0 Å². The first-order chi connectivity index (χ1) is 14.3. The molecule has 0 aromatic carbocycles. The van der Waals surface area contributed by atoms with E-state index in [0.717, 1.165) is 35.5 Å². The molecule has 0 aromatic rings. The lowest BCUT2D eigenvalue weighted by atomic mass is 9.44. The highest BCUT2D eigenvalue weighted by Crippen LogP contribution is 2.68. The summed E-state index contributed by atoms with van der Waals surface area (Å²) in [6.07, 6.45) is 18.3. The van der Waals surface area contributed by atoms with Crippen molar-refractivity contribution in [3.05, 3.63) is 0 Å². The molecule has 10 atom stereocenters. The van der Waals surface area contributed by atoms with Gasteiger partial charge in [-0.15, -0.1) is 0 Å². The molecule has 1 aliphatic heterocycles. The second-order valence-electron chi connectivity index (χ2n) is 13.4. The molecule has 0 radical (unpaired) electrons. The number of epoxide rings is 1. The summed E-state index contributed by atoms with van der Waals surface area (Å²) in [5.41, 5.74) is 1.50. The van der Waals surface area contributed by atoms with Crippen LogP contribution in [0.5, 0.6) is 0 Å². The van der Waals surface area contributed by atoms with Gasteiger partial charge in [-0.3, -0.25) is 0 Å². The van der Waals surface area contributed by atoms with Crippen LogP contribution in [0, 0.1) is 52.3 Å². The molecule has 1 heteroatoms. The van der Waals surface area contributed by atoms with Crippen molar-refractivity contribution in [2.45, 2.75) is 130 Å². The van der Waals surface area contributed by atoms with Gasteiger partial charge in [0.25, 0.3) is 0 Å². The average molecular weight is 415 g/mol. The van der Waals surface area contributed by atoms with Gasteiger partial charge in [-0.2, -0.15) is 0 Å². The molecule has 0 aromatic heterocycles. The standard InChI is InChI=1S/C29H50O/c1-7-29(19(2)3)26(30-29)18-20(4)23-13-14-24-22-12-11-21-10-8-9-16-27(21,5)25(22)15-17-28(23,24)6/h19-26H,7-18H2,1-6H3/t20-,21-,22+,23-,24+,25+,26?,27+,28-,29-/m1/s1. The number of hydrogen-bond acceptors (Lipinski definition) is 1. The largest absolute Gasteiger partial charge is 0.366 e. The third-order valence-electron chi connectivity index (χ3n) is 12.3. The lowest BCUT2D eigenvalue weighted by Gasteiger charge is -2.61. The first kappa shape index (κ1) is 21.8. The highest BCUT2D eigenvalue weighted by molar-refractivity contribution is 5.11. The second-order valence-corrected chi connectivity index (χ2v) is 13.4. The molecule has 1 heterocycles. The van der Waals surface area contributed by atoms with Crippen LogP contribution in [0.25, 0.3) is 0 Å². The molecule has 0 bridgehead atoms. The van der Waals surface area contributed by atoms with Crippen molar-refractivity contribution >= 4 is 0 Å². The van der Waals surface area contributed by atoms with Crippen LogP contribution >= 0.6 is 0 Å². The molecule has 0 N–H and O–H groups in total. The Labute approximate surface area is 187 Å². The van der Waals surface area contributed by atoms with E-state index in [-0.39, 0.29) is 5.60 Å². The average Bonchev–Trinajstić information content (AvgIpc) is 3.31. The molecular weight excluding hydrogens is 364 g/mol. The van der Waals surface area contributed by atoms with Gasteiger partial charge in [0.2, 0.25) is 0 Å². The van der Waals surface area contributed by atoms with E-state index in [4.69, 9.17) is 4.74 Å². The van der Waals surface area contributed by atoms with Crippen molar-refractivity contribution in [2.75, 3.05) is 0 Å². The maximum Gasteiger partial charge on any atom is 0.0968 e. The summed E-state index contributed by atoms with van der Waals surface area (Å²) in [5, 5.41) is 0. The number of rotatable bonds is 5. The van der Waals surface area contributed by atoms with E-state index < -0.39 is 0 Å². The molecule has 1 saturated heterocycles. The lowest BCUT2D eigenvalue weighted by molar-refractivity contribution is -0.114. The van der Waals surface area contributed by atoms with Crippen molar-refractivity contribution in [3.63, 3.8) is 0 Å². The normalized spacial score (nSPS) is 53.7. The summed E-state index contributed by atoms with van der Waals surface area (Å²) < 4.78 is 6.37. The van der Waals surface area contributed by atoms with Crippen molar-refractivity contribution in [3.8, 4) is 0 Å². The molecule has 0 amide bonds. The Bertz CT molecular complexity index is 640. The molecular formula is C29H50O. The Morgan fingerprint density at radius 2 is 1.60 bits per heavy atom. The molecule has 5 rings (SSSR count). The third-order valence-corrected chi connectivity index (χ3v) is 12.3. The summed E-state index contributed by atoms with van der Waals surface area (Å²) in [6.45, 7) is 15.1. The number of fused-ring (bicyclic) bond motifs is 5. The van der Waals surface area contributed by atoms with E-state index in [1.807, 2.05) is 0 Å². The second kappa shape index (κ2) is 7.50. The zero-order valence-corrected chi connectivity index (χ0v) is 21.0. The monoisotopic (exact) mass is 414 g/mol. The summed E-state index contributed by atoms with van der Waals surface area (Å²) in [6, 6.07) is 0. The highest BCUT2D eigenvalue weighted by atomic mass is 16.6. The lowest BCUT2D eigenvalue weighted by Crippen LogP contribution is -2.53. The Balaban J connectivity index is 1.30. The number of hydrogen-bond donors (Lipinski definition) is 0. The van der Waals surface area contributed by atoms with Gasteiger partial charge in [0.05, 0.1) is 11.7 Å². The van der Waals surface area contributed by atoms with Crippen molar-refractivity contribution < 1.29 is 4.74 Å². The van der Waals surface area contributed by atoms with Gasteiger partial charge in [0, 0.05) is 0 Å². The van der Waals surface area contributed by atoms with Gasteiger partial charge in [-0.05, 0) is 116 Å². The van der Waals surface area contributed by atoms with E-state index in [1.165, 1.54) is 57.8 Å². The predicted octanol–water partition coefficient (Wildman–Crippen LogP) is 8.27. The van der Waals surface area contributed by atoms with Crippen molar-refractivity contribution in [1.29, 1.82) is 0 Å². The molecule has 5 fully saturated rings. The van der Waals surface area contributed by atoms with Gasteiger partial charge >= 0.3 is 0 Å². The Morgan fingerprint density at radius 1 is 0.833 bits per heavy atom.